The van der Waals surface area contributed by atoms with E-state index in [1.54, 1.807) is 74.3 Å². The van der Waals surface area contributed by atoms with Crippen molar-refractivity contribution in [3.8, 4) is 0 Å². The third-order valence-corrected chi connectivity index (χ3v) is 6.86. The second-order valence-corrected chi connectivity index (χ2v) is 11.7. The standard InChI is InChI=1S/C33H41FN6O5/c1-33(2,3)45-32(43)38-28-12-5-4-11-27(28)37-30(41)29-14-13-24(22-35-29)23-40(16-7-6-15-39-17-19-44-20-18-39)31(42)36-26-10-8-9-25(34)21-26/h4-5,8-14,21-22H,6-7,15-20,23H2,1-3H3,(H,36,42)(H,37,41)(H,38,43). The number of benzene rings is 2. The average molecular weight is 621 g/mol. The summed E-state index contributed by atoms with van der Waals surface area (Å²) in [4.78, 5) is 46.9. The number of amides is 4. The maximum absolute atomic E-state index is 13.7. The number of carbonyl (C=O) groups is 3. The molecule has 4 rings (SSSR count). The highest BCUT2D eigenvalue weighted by molar-refractivity contribution is 6.05. The lowest BCUT2D eigenvalue weighted by atomic mass is 10.2. The van der Waals surface area contributed by atoms with Gasteiger partial charge in [0, 0.05) is 38.1 Å². The summed E-state index contributed by atoms with van der Waals surface area (Å²) in [5.74, 6) is -0.907. The summed E-state index contributed by atoms with van der Waals surface area (Å²) in [6.45, 7) is 10.2. The molecule has 11 nitrogen and oxygen atoms in total. The van der Waals surface area contributed by atoms with Crippen LogP contribution in [-0.2, 0) is 16.0 Å². The van der Waals surface area contributed by atoms with Gasteiger partial charge in [0.25, 0.3) is 5.91 Å². The lowest BCUT2D eigenvalue weighted by Crippen LogP contribution is -2.38. The largest absolute Gasteiger partial charge is 0.444 e. The highest BCUT2D eigenvalue weighted by atomic mass is 19.1. The van der Waals surface area contributed by atoms with Gasteiger partial charge in [-0.3, -0.25) is 20.0 Å². The molecule has 0 radical (unpaired) electrons. The third-order valence-electron chi connectivity index (χ3n) is 6.86. The molecule has 0 aliphatic carbocycles. The predicted octanol–water partition coefficient (Wildman–Crippen LogP) is 5.97. The molecule has 12 heteroatoms. The number of halogens is 1. The van der Waals surface area contributed by atoms with Gasteiger partial charge in [0.05, 0.1) is 24.6 Å². The monoisotopic (exact) mass is 620 g/mol. The van der Waals surface area contributed by atoms with E-state index in [9.17, 15) is 18.8 Å². The van der Waals surface area contributed by atoms with Gasteiger partial charge in [-0.25, -0.2) is 14.0 Å². The molecule has 45 heavy (non-hydrogen) atoms. The van der Waals surface area contributed by atoms with Gasteiger partial charge in [0.1, 0.15) is 17.1 Å². The number of morpholine rings is 1. The van der Waals surface area contributed by atoms with Crippen molar-refractivity contribution in [2.24, 2.45) is 0 Å². The molecule has 240 valence electrons. The number of nitrogens with one attached hydrogen (secondary N) is 3. The van der Waals surface area contributed by atoms with E-state index < -0.39 is 23.4 Å². The van der Waals surface area contributed by atoms with E-state index in [1.807, 2.05) is 0 Å². The van der Waals surface area contributed by atoms with Gasteiger partial charge in [0.15, 0.2) is 0 Å². The summed E-state index contributed by atoms with van der Waals surface area (Å²) in [6.07, 6.45) is 2.60. The maximum Gasteiger partial charge on any atom is 0.412 e. The molecule has 3 N–H and O–H groups in total. The van der Waals surface area contributed by atoms with Gasteiger partial charge >= 0.3 is 12.1 Å². The van der Waals surface area contributed by atoms with Crippen molar-refractivity contribution in [3.05, 3.63) is 83.9 Å². The van der Waals surface area contributed by atoms with Gasteiger partial charge in [-0.15, -0.1) is 0 Å². The predicted molar refractivity (Wildman–Crippen MR) is 171 cm³/mol. The Morgan fingerprint density at radius 2 is 1.69 bits per heavy atom. The molecule has 0 spiro atoms. The number of anilines is 3. The lowest BCUT2D eigenvalue weighted by Gasteiger charge is -2.27. The van der Waals surface area contributed by atoms with Crippen molar-refractivity contribution in [2.45, 2.75) is 45.8 Å². The number of pyridine rings is 1. The summed E-state index contributed by atoms with van der Waals surface area (Å²) >= 11 is 0. The fraction of sp³-hybridized carbons (Fsp3) is 0.394. The molecule has 1 saturated heterocycles. The number of para-hydroxylation sites is 2. The van der Waals surface area contributed by atoms with Gasteiger partial charge in [0.2, 0.25) is 0 Å². The van der Waals surface area contributed by atoms with Gasteiger partial charge < -0.3 is 25.0 Å². The van der Waals surface area contributed by atoms with Crippen molar-refractivity contribution < 1.29 is 28.2 Å². The molecule has 4 amide bonds. The third kappa shape index (κ3) is 11.1. The Kier molecular flexibility index (Phi) is 11.8. The number of unbranched alkanes of at least 4 members (excludes halogenated alkanes) is 1. The minimum absolute atomic E-state index is 0.159. The Morgan fingerprint density at radius 1 is 0.956 bits per heavy atom. The van der Waals surface area contributed by atoms with Crippen LogP contribution in [0.1, 0.15) is 49.7 Å². The van der Waals surface area contributed by atoms with E-state index in [0.29, 0.717) is 23.6 Å². The minimum atomic E-state index is -0.674. The number of hydrogen-bond acceptors (Lipinski definition) is 7. The molecule has 1 aromatic heterocycles. The van der Waals surface area contributed by atoms with E-state index in [0.717, 1.165) is 51.3 Å². The molecule has 0 unspecified atom stereocenters. The Bertz CT molecular complexity index is 1440. The second-order valence-electron chi connectivity index (χ2n) is 11.7. The summed E-state index contributed by atoms with van der Waals surface area (Å²) in [5.41, 5.74) is 1.34. The highest BCUT2D eigenvalue weighted by Crippen LogP contribution is 2.23. The van der Waals surface area contributed by atoms with Gasteiger partial charge in [-0.2, -0.15) is 0 Å². The van der Waals surface area contributed by atoms with Crippen molar-refractivity contribution >= 4 is 35.1 Å². The second kappa shape index (κ2) is 16.0. The first kappa shape index (κ1) is 33.3. The number of nitrogens with zero attached hydrogens (tertiary/aromatic N) is 3. The Balaban J connectivity index is 1.38. The molecular formula is C33H41FN6O5. The zero-order chi connectivity index (χ0) is 32.2. The Hall–Kier alpha value is -4.55. The van der Waals surface area contributed by atoms with E-state index in [2.05, 4.69) is 25.8 Å². The summed E-state index contributed by atoms with van der Waals surface area (Å²) < 4.78 is 24.5. The molecule has 2 aromatic carbocycles. The molecule has 3 aromatic rings. The van der Waals surface area contributed by atoms with Crippen LogP contribution in [0.5, 0.6) is 0 Å². The molecule has 2 heterocycles. The van der Waals surface area contributed by atoms with Crippen LogP contribution in [-0.4, -0.2) is 77.8 Å². The van der Waals surface area contributed by atoms with Crippen molar-refractivity contribution in [1.82, 2.24) is 14.8 Å². The van der Waals surface area contributed by atoms with Gasteiger partial charge in [-0.05, 0) is 82.1 Å². The van der Waals surface area contributed by atoms with Crippen LogP contribution in [0.25, 0.3) is 0 Å². The van der Waals surface area contributed by atoms with Crippen LogP contribution in [0, 0.1) is 5.82 Å². The SMILES string of the molecule is CC(C)(C)OC(=O)Nc1ccccc1NC(=O)c1ccc(CN(CCCCN2CCOCC2)C(=O)Nc2cccc(F)c2)cn1. The molecule has 0 saturated carbocycles. The molecule has 0 bridgehead atoms. The smallest absolute Gasteiger partial charge is 0.412 e. The average Bonchev–Trinajstić information content (AvgIpc) is 2.99. The number of aromatic nitrogens is 1. The van der Waals surface area contributed by atoms with Crippen LogP contribution < -0.4 is 16.0 Å². The first-order chi connectivity index (χ1) is 21.6. The van der Waals surface area contributed by atoms with E-state index in [1.165, 1.54) is 18.2 Å². The number of rotatable bonds is 11. The van der Waals surface area contributed by atoms with Crippen molar-refractivity contribution in [1.29, 1.82) is 0 Å². The van der Waals surface area contributed by atoms with E-state index >= 15 is 0 Å². The number of carbonyl (C=O) groups excluding carboxylic acids is 3. The molecule has 1 aliphatic heterocycles. The van der Waals surface area contributed by atoms with Crippen LogP contribution in [0.3, 0.4) is 0 Å². The Morgan fingerprint density at radius 3 is 2.36 bits per heavy atom. The maximum atomic E-state index is 13.7. The first-order valence-electron chi connectivity index (χ1n) is 15.0. The summed E-state index contributed by atoms with van der Waals surface area (Å²) in [6, 6.07) is 15.5. The molecule has 1 aliphatic rings. The fourth-order valence-corrected chi connectivity index (χ4v) is 4.66. The van der Waals surface area contributed by atoms with Crippen molar-refractivity contribution in [3.63, 3.8) is 0 Å². The molecular weight excluding hydrogens is 579 g/mol. The normalized spacial score (nSPS) is 13.5. The van der Waals surface area contributed by atoms with Gasteiger partial charge in [-0.1, -0.05) is 24.3 Å². The van der Waals surface area contributed by atoms with E-state index in [-0.39, 0.29) is 18.3 Å². The summed E-state index contributed by atoms with van der Waals surface area (Å²) in [7, 11) is 0. The fourth-order valence-electron chi connectivity index (χ4n) is 4.66. The number of urea groups is 1. The minimum Gasteiger partial charge on any atom is -0.444 e. The lowest BCUT2D eigenvalue weighted by molar-refractivity contribution is 0.0370. The summed E-state index contributed by atoms with van der Waals surface area (Å²) in [5, 5.41) is 8.21. The van der Waals surface area contributed by atoms with Crippen LogP contribution in [0.2, 0.25) is 0 Å². The van der Waals surface area contributed by atoms with Crippen molar-refractivity contribution in [2.75, 3.05) is 55.3 Å². The highest BCUT2D eigenvalue weighted by Gasteiger charge is 2.19. The van der Waals surface area contributed by atoms with Crippen LogP contribution >= 0.6 is 0 Å². The number of hydrogen-bond donors (Lipinski definition) is 3. The zero-order valence-corrected chi connectivity index (χ0v) is 26.0. The Labute approximate surface area is 263 Å². The topological polar surface area (TPSA) is 125 Å². The first-order valence-corrected chi connectivity index (χ1v) is 15.0. The van der Waals surface area contributed by atoms with Crippen LogP contribution in [0.15, 0.2) is 66.9 Å². The van der Waals surface area contributed by atoms with Crippen LogP contribution in [0.4, 0.5) is 31.0 Å². The molecule has 1 fully saturated rings. The van der Waals surface area contributed by atoms with E-state index in [4.69, 9.17) is 9.47 Å². The zero-order valence-electron chi connectivity index (χ0n) is 26.0. The quantitative estimate of drug-likeness (QED) is 0.226. The number of ether oxygens (including phenoxy) is 2. The molecule has 0 atom stereocenters.